The van der Waals surface area contributed by atoms with Gasteiger partial charge in [-0.2, -0.15) is 0 Å². The third kappa shape index (κ3) is 65.6. The summed E-state index contributed by atoms with van der Waals surface area (Å²) in [6, 6.07) is 0. The normalized spacial score (nSPS) is 10.0. The summed E-state index contributed by atoms with van der Waals surface area (Å²) >= 11 is 0. The molecule has 2 amide bonds. The summed E-state index contributed by atoms with van der Waals surface area (Å²) in [5.41, 5.74) is 0. The van der Waals surface area contributed by atoms with Crippen LogP contribution in [0.2, 0.25) is 0 Å². The summed E-state index contributed by atoms with van der Waals surface area (Å²) in [6.07, 6.45) is 24.1. The van der Waals surface area contributed by atoms with Crippen molar-refractivity contribution >= 4 is 35.7 Å². The SMILES string of the molecule is CCCCCCCC(=O)OCCCCCC(=O)N(C)CCC.CCCCCCCC(=O)OCCCCCC(=O)[O-].CCCN(C)C(=O)C=CC(=O)O.CCCNC.CCC[NH2+]C. The number of carbonyl (C=O) groups is 6. The maximum absolute atomic E-state index is 11.7. The van der Waals surface area contributed by atoms with Crippen molar-refractivity contribution in [2.75, 3.05) is 67.6 Å². The monoisotopic (exact) mass is 889 g/mol. The number of ether oxygens (including phenoxy) is 2. The number of nitrogens with two attached hydrogens (primary N) is 1. The number of nitrogens with one attached hydrogen (secondary N) is 1. The lowest BCUT2D eigenvalue weighted by atomic mass is 10.1. The second kappa shape index (κ2) is 57.5. The predicted molar refractivity (Wildman–Crippen MR) is 250 cm³/mol. The van der Waals surface area contributed by atoms with Gasteiger partial charge in [0.25, 0.3) is 0 Å². The molecule has 14 heteroatoms. The Balaban J connectivity index is -0.000000242. The highest BCUT2D eigenvalue weighted by molar-refractivity contribution is 5.93. The lowest BCUT2D eigenvalue weighted by Gasteiger charge is -2.15. The molecule has 0 fully saturated rings. The molecule has 14 nitrogen and oxygen atoms in total. The van der Waals surface area contributed by atoms with Crippen molar-refractivity contribution in [3.8, 4) is 0 Å². The molecular formula is C48H96N4O10. The largest absolute Gasteiger partial charge is 0.550 e. The Bertz CT molecular complexity index is 1050. The molecule has 0 unspecified atom stereocenters. The van der Waals surface area contributed by atoms with Crippen LogP contribution in [0, 0.1) is 0 Å². The van der Waals surface area contributed by atoms with Crippen LogP contribution < -0.4 is 15.7 Å². The molecule has 0 heterocycles. The van der Waals surface area contributed by atoms with Crippen LogP contribution in [-0.2, 0) is 38.2 Å². The Kier molecular flexibility index (Phi) is 62.6. The number of likely N-dealkylation sites (N-methyl/N-ethyl adjacent to an activating group) is 1. The second-order valence-corrected chi connectivity index (χ2v) is 15.3. The van der Waals surface area contributed by atoms with E-state index in [2.05, 4.69) is 52.3 Å². The molecule has 0 saturated heterocycles. The van der Waals surface area contributed by atoms with Crippen molar-refractivity contribution in [2.24, 2.45) is 0 Å². The van der Waals surface area contributed by atoms with Crippen LogP contribution in [0.25, 0.3) is 0 Å². The highest BCUT2D eigenvalue weighted by atomic mass is 16.5. The summed E-state index contributed by atoms with van der Waals surface area (Å²) in [6.45, 7) is 17.5. The minimum Gasteiger partial charge on any atom is -0.550 e. The number of aliphatic carboxylic acids is 2. The van der Waals surface area contributed by atoms with Crippen LogP contribution in [0.4, 0.5) is 0 Å². The number of amides is 2. The number of carboxylic acid groups (broad SMARTS) is 2. The summed E-state index contributed by atoms with van der Waals surface area (Å²) in [5.74, 6) is -2.39. The summed E-state index contributed by atoms with van der Waals surface area (Å²) in [7, 11) is 7.54. The molecule has 0 rings (SSSR count). The smallest absolute Gasteiger partial charge is 0.328 e. The molecule has 0 radical (unpaired) electrons. The molecule has 0 aromatic carbocycles. The average molecular weight is 889 g/mol. The van der Waals surface area contributed by atoms with Crippen molar-refractivity contribution in [1.29, 1.82) is 0 Å². The van der Waals surface area contributed by atoms with Gasteiger partial charge in [-0.05, 0) is 97.1 Å². The van der Waals surface area contributed by atoms with E-state index in [-0.39, 0.29) is 30.2 Å². The van der Waals surface area contributed by atoms with Gasteiger partial charge in [0, 0.05) is 64.6 Å². The number of esters is 2. The molecule has 0 atom stereocenters. The van der Waals surface area contributed by atoms with Gasteiger partial charge in [0.2, 0.25) is 11.8 Å². The van der Waals surface area contributed by atoms with Crippen molar-refractivity contribution in [1.82, 2.24) is 15.1 Å². The first-order valence-corrected chi connectivity index (χ1v) is 24.0. The summed E-state index contributed by atoms with van der Waals surface area (Å²) < 4.78 is 10.3. The van der Waals surface area contributed by atoms with E-state index in [4.69, 9.17) is 14.6 Å². The van der Waals surface area contributed by atoms with Gasteiger partial charge in [-0.15, -0.1) is 0 Å². The maximum Gasteiger partial charge on any atom is 0.328 e. The fraction of sp³-hybridized carbons (Fsp3) is 0.833. The van der Waals surface area contributed by atoms with Gasteiger partial charge in [0.1, 0.15) is 0 Å². The van der Waals surface area contributed by atoms with Crippen molar-refractivity contribution < 1.29 is 53.8 Å². The molecule has 368 valence electrons. The number of nitrogens with zero attached hydrogens (tertiary/aromatic N) is 2. The molecule has 62 heavy (non-hydrogen) atoms. The number of hydrogen-bond donors (Lipinski definition) is 3. The first-order valence-electron chi connectivity index (χ1n) is 24.0. The quantitative estimate of drug-likeness (QED) is 0.0335. The fourth-order valence-corrected chi connectivity index (χ4v) is 5.27. The summed E-state index contributed by atoms with van der Waals surface area (Å²) in [5, 5.41) is 23.6. The highest BCUT2D eigenvalue weighted by Crippen LogP contribution is 2.08. The highest BCUT2D eigenvalue weighted by Gasteiger charge is 2.08. The number of carbonyl (C=O) groups excluding carboxylic acids is 5. The van der Waals surface area contributed by atoms with Crippen LogP contribution in [0.1, 0.15) is 196 Å². The van der Waals surface area contributed by atoms with Gasteiger partial charge >= 0.3 is 17.9 Å². The molecular weight excluding hydrogens is 793 g/mol. The molecule has 0 aliphatic carbocycles. The Morgan fingerprint density at radius 1 is 0.565 bits per heavy atom. The van der Waals surface area contributed by atoms with Crippen LogP contribution in [-0.4, -0.2) is 118 Å². The van der Waals surface area contributed by atoms with Crippen LogP contribution in [0.3, 0.4) is 0 Å². The number of carboxylic acids is 2. The zero-order valence-electron chi connectivity index (χ0n) is 41.5. The molecule has 0 aliphatic heterocycles. The van der Waals surface area contributed by atoms with E-state index in [9.17, 15) is 33.9 Å². The van der Waals surface area contributed by atoms with Gasteiger partial charge in [0.05, 0.1) is 26.8 Å². The lowest BCUT2D eigenvalue weighted by Crippen LogP contribution is -2.79. The van der Waals surface area contributed by atoms with E-state index in [0.29, 0.717) is 45.4 Å². The van der Waals surface area contributed by atoms with Gasteiger partial charge in [0.15, 0.2) is 0 Å². The molecule has 0 aliphatic rings. The second-order valence-electron chi connectivity index (χ2n) is 15.3. The number of quaternary nitrogens is 1. The van der Waals surface area contributed by atoms with E-state index >= 15 is 0 Å². The van der Waals surface area contributed by atoms with Crippen molar-refractivity contribution in [2.45, 2.75) is 196 Å². The zero-order valence-corrected chi connectivity index (χ0v) is 41.5. The zero-order chi connectivity index (χ0) is 48.1. The maximum atomic E-state index is 11.7. The predicted octanol–water partition coefficient (Wildman–Crippen LogP) is 7.22. The van der Waals surface area contributed by atoms with Gasteiger partial charge in [-0.3, -0.25) is 19.2 Å². The summed E-state index contributed by atoms with van der Waals surface area (Å²) in [4.78, 5) is 68.9. The van der Waals surface area contributed by atoms with Gasteiger partial charge in [-0.25, -0.2) is 4.79 Å². The lowest BCUT2D eigenvalue weighted by molar-refractivity contribution is -0.626. The molecule has 0 saturated carbocycles. The third-order valence-electron chi connectivity index (χ3n) is 8.92. The molecule has 4 N–H and O–H groups in total. The Morgan fingerprint density at radius 3 is 1.35 bits per heavy atom. The average Bonchev–Trinajstić information content (AvgIpc) is 3.23. The van der Waals surface area contributed by atoms with Crippen molar-refractivity contribution in [3.63, 3.8) is 0 Å². The topological polar surface area (TPSA) is 199 Å². The number of unbranched alkanes of at least 4 members (excludes halogenated alkanes) is 12. The minimum absolute atomic E-state index is 0.0738. The Labute approximate surface area is 379 Å². The van der Waals surface area contributed by atoms with Crippen LogP contribution in [0.15, 0.2) is 12.2 Å². The third-order valence-corrected chi connectivity index (χ3v) is 8.92. The van der Waals surface area contributed by atoms with E-state index in [1.165, 1.54) is 62.8 Å². The number of hydrogen-bond acceptors (Lipinski definition) is 10. The van der Waals surface area contributed by atoms with E-state index < -0.39 is 11.9 Å². The molecule has 0 aromatic rings. The first kappa shape index (κ1) is 67.6. The molecule has 0 bridgehead atoms. The van der Waals surface area contributed by atoms with Crippen molar-refractivity contribution in [3.05, 3.63) is 12.2 Å². The van der Waals surface area contributed by atoms with Gasteiger partial charge in [-0.1, -0.05) is 92.9 Å². The van der Waals surface area contributed by atoms with Gasteiger partial charge < -0.3 is 44.9 Å². The Morgan fingerprint density at radius 2 is 1.00 bits per heavy atom. The van der Waals surface area contributed by atoms with E-state index in [0.717, 1.165) is 95.9 Å². The first-order chi connectivity index (χ1) is 29.7. The minimum atomic E-state index is -1.10. The fourth-order valence-electron chi connectivity index (χ4n) is 5.27. The van der Waals surface area contributed by atoms with Crippen LogP contribution >= 0.6 is 0 Å². The molecule has 0 aromatic heterocycles. The van der Waals surface area contributed by atoms with E-state index in [1.54, 1.807) is 11.9 Å². The Hall–Kier alpha value is -3.52. The van der Waals surface area contributed by atoms with Crippen LogP contribution in [0.5, 0.6) is 0 Å². The standard InChI is InChI=1S/C18H35NO3.C14H26O4.C8H13NO3.2C4H11N/c1-4-6-7-8-11-14-18(21)22-16-12-9-10-13-17(20)19(3)15-5-2;1-2-3-4-5-8-11-14(17)18-12-9-6-7-10-13(15)16;1-3-6-9(2)7(10)4-5-8(11)12;2*1-3-4-5-2/h4-16H2,1-3H3;2-12H2,1H3,(H,15,16);4-5H,3,6H2,1-2H3,(H,11,12);2*5H,3-4H2,1-2H3. The molecule has 0 spiro atoms. The number of rotatable bonds is 34. The van der Waals surface area contributed by atoms with E-state index in [1.807, 2.05) is 21.0 Å².